The smallest absolute Gasteiger partial charge is 0.336 e. The molecule has 2 aromatic carbocycles. The van der Waals surface area contributed by atoms with Gasteiger partial charge in [0.25, 0.3) is 0 Å². The van der Waals surface area contributed by atoms with E-state index in [0.717, 1.165) is 10.0 Å². The molecule has 104 valence electrons. The number of pyridine rings is 1. The van der Waals surface area contributed by atoms with Crippen LogP contribution in [-0.2, 0) is 0 Å². The lowest BCUT2D eigenvalue weighted by molar-refractivity contribution is 0.0699. The average Bonchev–Trinajstić information content (AvgIpc) is 2.46. The molecule has 0 saturated heterocycles. The molecule has 1 N–H and O–H groups in total. The number of aromatic nitrogens is 1. The van der Waals surface area contributed by atoms with Crippen molar-refractivity contribution in [3.05, 3.63) is 63.6 Å². The number of rotatable bonds is 2. The molecule has 1 aromatic heterocycles. The number of hydrogen-bond acceptors (Lipinski definition) is 2. The van der Waals surface area contributed by atoms with Gasteiger partial charge in [-0.3, -0.25) is 0 Å². The zero-order valence-corrected chi connectivity index (χ0v) is 13.0. The standard InChI is InChI=1S/C16H9BrClNO2/c17-10-3-1-9(2-4-10)15-8-13(16(20)21)12-7-11(18)5-6-14(12)19-15/h1-8H,(H,20,21). The number of fused-ring (bicyclic) bond motifs is 1. The van der Waals surface area contributed by atoms with Crippen LogP contribution in [0.25, 0.3) is 22.2 Å². The second kappa shape index (κ2) is 5.47. The van der Waals surface area contributed by atoms with Crippen molar-refractivity contribution >= 4 is 44.4 Å². The molecule has 3 rings (SSSR count). The van der Waals surface area contributed by atoms with Crippen molar-refractivity contribution in [2.75, 3.05) is 0 Å². The van der Waals surface area contributed by atoms with Gasteiger partial charge in [0.1, 0.15) is 0 Å². The fraction of sp³-hybridized carbons (Fsp3) is 0. The van der Waals surface area contributed by atoms with Gasteiger partial charge in [-0.1, -0.05) is 39.7 Å². The molecule has 0 aliphatic heterocycles. The molecule has 21 heavy (non-hydrogen) atoms. The quantitative estimate of drug-likeness (QED) is 0.696. The van der Waals surface area contributed by atoms with E-state index in [9.17, 15) is 9.90 Å². The van der Waals surface area contributed by atoms with Gasteiger partial charge in [0.15, 0.2) is 0 Å². The van der Waals surface area contributed by atoms with Gasteiger partial charge in [0.2, 0.25) is 0 Å². The van der Waals surface area contributed by atoms with Crippen LogP contribution >= 0.6 is 27.5 Å². The van der Waals surface area contributed by atoms with E-state index in [4.69, 9.17) is 11.6 Å². The highest BCUT2D eigenvalue weighted by Crippen LogP contribution is 2.27. The third-order valence-electron chi connectivity index (χ3n) is 3.14. The lowest BCUT2D eigenvalue weighted by Crippen LogP contribution is -2.00. The van der Waals surface area contributed by atoms with E-state index in [1.54, 1.807) is 24.3 Å². The third-order valence-corrected chi connectivity index (χ3v) is 3.90. The van der Waals surface area contributed by atoms with Gasteiger partial charge in [0, 0.05) is 20.4 Å². The van der Waals surface area contributed by atoms with Gasteiger partial charge < -0.3 is 5.11 Å². The molecule has 3 nitrogen and oxygen atoms in total. The topological polar surface area (TPSA) is 50.2 Å². The van der Waals surface area contributed by atoms with Crippen molar-refractivity contribution in [1.82, 2.24) is 4.98 Å². The van der Waals surface area contributed by atoms with Crippen LogP contribution < -0.4 is 0 Å². The number of benzene rings is 2. The molecule has 0 atom stereocenters. The van der Waals surface area contributed by atoms with Crippen LogP contribution in [0.5, 0.6) is 0 Å². The summed E-state index contributed by atoms with van der Waals surface area (Å²) < 4.78 is 0.956. The third kappa shape index (κ3) is 2.77. The van der Waals surface area contributed by atoms with Gasteiger partial charge >= 0.3 is 5.97 Å². The van der Waals surface area contributed by atoms with E-state index in [1.165, 1.54) is 0 Å². The van der Waals surface area contributed by atoms with Crippen LogP contribution in [0.15, 0.2) is 53.0 Å². The van der Waals surface area contributed by atoms with Gasteiger partial charge in [0.05, 0.1) is 16.8 Å². The number of nitrogens with zero attached hydrogens (tertiary/aromatic N) is 1. The fourth-order valence-electron chi connectivity index (χ4n) is 2.14. The maximum atomic E-state index is 11.5. The molecule has 0 aliphatic carbocycles. The van der Waals surface area contributed by atoms with Crippen LogP contribution in [0.1, 0.15) is 10.4 Å². The largest absolute Gasteiger partial charge is 0.478 e. The van der Waals surface area contributed by atoms with Crippen LogP contribution in [0.4, 0.5) is 0 Å². The Morgan fingerprint density at radius 1 is 1.10 bits per heavy atom. The molecule has 0 bridgehead atoms. The second-order valence-corrected chi connectivity index (χ2v) is 5.88. The van der Waals surface area contributed by atoms with E-state index < -0.39 is 5.97 Å². The first kappa shape index (κ1) is 14.0. The van der Waals surface area contributed by atoms with Crippen molar-refractivity contribution in [1.29, 1.82) is 0 Å². The predicted molar refractivity (Wildman–Crippen MR) is 86.8 cm³/mol. The Morgan fingerprint density at radius 2 is 1.81 bits per heavy atom. The van der Waals surface area contributed by atoms with E-state index in [2.05, 4.69) is 20.9 Å². The highest BCUT2D eigenvalue weighted by atomic mass is 79.9. The van der Waals surface area contributed by atoms with Gasteiger partial charge in [-0.15, -0.1) is 0 Å². The lowest BCUT2D eigenvalue weighted by atomic mass is 10.0. The zero-order chi connectivity index (χ0) is 15.0. The van der Waals surface area contributed by atoms with Crippen LogP contribution in [0.2, 0.25) is 5.02 Å². The Hall–Kier alpha value is -1.91. The number of aromatic carboxylic acids is 1. The normalized spacial score (nSPS) is 10.8. The second-order valence-electron chi connectivity index (χ2n) is 4.53. The zero-order valence-electron chi connectivity index (χ0n) is 10.7. The minimum atomic E-state index is -0.997. The molecular formula is C16H9BrClNO2. The van der Waals surface area contributed by atoms with Gasteiger partial charge in [-0.2, -0.15) is 0 Å². The van der Waals surface area contributed by atoms with Crippen molar-refractivity contribution in [2.24, 2.45) is 0 Å². The lowest BCUT2D eigenvalue weighted by Gasteiger charge is -2.07. The first-order valence-corrected chi connectivity index (χ1v) is 7.31. The molecule has 0 saturated carbocycles. The summed E-state index contributed by atoms with van der Waals surface area (Å²) >= 11 is 9.32. The summed E-state index contributed by atoms with van der Waals surface area (Å²) in [6.07, 6.45) is 0. The number of hydrogen-bond donors (Lipinski definition) is 1. The maximum absolute atomic E-state index is 11.5. The highest BCUT2D eigenvalue weighted by Gasteiger charge is 2.13. The van der Waals surface area contributed by atoms with E-state index in [1.807, 2.05) is 24.3 Å². The highest BCUT2D eigenvalue weighted by molar-refractivity contribution is 9.10. The minimum absolute atomic E-state index is 0.195. The van der Waals surface area contributed by atoms with Crippen molar-refractivity contribution in [2.45, 2.75) is 0 Å². The number of carboxylic acids is 1. The van der Waals surface area contributed by atoms with Gasteiger partial charge in [-0.05, 0) is 36.4 Å². The van der Waals surface area contributed by atoms with Gasteiger partial charge in [-0.25, -0.2) is 9.78 Å². The first-order valence-electron chi connectivity index (χ1n) is 6.14. The molecule has 0 unspecified atom stereocenters. The van der Waals surface area contributed by atoms with E-state index in [0.29, 0.717) is 21.6 Å². The molecule has 1 heterocycles. The summed E-state index contributed by atoms with van der Waals surface area (Å²) in [4.78, 5) is 16.0. The Labute approximate surface area is 134 Å². The Kier molecular flexibility index (Phi) is 3.66. The average molecular weight is 363 g/mol. The fourth-order valence-corrected chi connectivity index (χ4v) is 2.58. The molecule has 0 aliphatic rings. The Balaban J connectivity index is 2.28. The maximum Gasteiger partial charge on any atom is 0.336 e. The SMILES string of the molecule is O=C(O)c1cc(-c2ccc(Br)cc2)nc2ccc(Cl)cc12. The molecule has 0 radical (unpaired) electrons. The summed E-state index contributed by atoms with van der Waals surface area (Å²) in [5.41, 5.74) is 2.28. The summed E-state index contributed by atoms with van der Waals surface area (Å²) in [6, 6.07) is 14.2. The van der Waals surface area contributed by atoms with Crippen LogP contribution in [0.3, 0.4) is 0 Å². The number of carboxylic acid groups (broad SMARTS) is 1. The summed E-state index contributed by atoms with van der Waals surface area (Å²) in [6.45, 7) is 0. The predicted octanol–water partition coefficient (Wildman–Crippen LogP) is 5.02. The summed E-state index contributed by atoms with van der Waals surface area (Å²) in [5.74, 6) is -0.997. The van der Waals surface area contributed by atoms with Crippen molar-refractivity contribution in [3.8, 4) is 11.3 Å². The van der Waals surface area contributed by atoms with Crippen LogP contribution in [0, 0.1) is 0 Å². The monoisotopic (exact) mass is 361 g/mol. The summed E-state index contributed by atoms with van der Waals surface area (Å²) in [7, 11) is 0. The molecule has 0 fully saturated rings. The molecule has 3 aromatic rings. The van der Waals surface area contributed by atoms with E-state index in [-0.39, 0.29) is 5.56 Å². The van der Waals surface area contributed by atoms with Crippen molar-refractivity contribution < 1.29 is 9.90 Å². The molecule has 0 amide bonds. The van der Waals surface area contributed by atoms with Crippen molar-refractivity contribution in [3.63, 3.8) is 0 Å². The molecule has 0 spiro atoms. The molecular weight excluding hydrogens is 354 g/mol. The minimum Gasteiger partial charge on any atom is -0.478 e. The number of halogens is 2. The van der Waals surface area contributed by atoms with E-state index >= 15 is 0 Å². The Morgan fingerprint density at radius 3 is 2.48 bits per heavy atom. The molecule has 5 heteroatoms. The first-order chi connectivity index (χ1) is 10.0. The van der Waals surface area contributed by atoms with Crippen LogP contribution in [-0.4, -0.2) is 16.1 Å². The number of carbonyl (C=O) groups is 1. The summed E-state index contributed by atoms with van der Waals surface area (Å²) in [5, 5.41) is 10.4. The Bertz CT molecular complexity index is 847.